The number of amides is 2. The van der Waals surface area contributed by atoms with Crippen LogP contribution in [0, 0.1) is 0 Å². The third-order valence-electron chi connectivity index (χ3n) is 2.92. The van der Waals surface area contributed by atoms with E-state index in [2.05, 4.69) is 10.6 Å². The van der Waals surface area contributed by atoms with Crippen molar-refractivity contribution in [3.63, 3.8) is 0 Å². The highest BCUT2D eigenvalue weighted by atomic mass is 16.5. The van der Waals surface area contributed by atoms with Crippen LogP contribution in [-0.4, -0.2) is 50.7 Å². The van der Waals surface area contributed by atoms with Gasteiger partial charge in [0.05, 0.1) is 6.61 Å². The number of methoxy groups -OCH3 is 1. The lowest BCUT2D eigenvalue weighted by molar-refractivity contribution is -0.154. The van der Waals surface area contributed by atoms with Crippen molar-refractivity contribution in [2.45, 2.75) is 13.0 Å². The van der Waals surface area contributed by atoms with Gasteiger partial charge < -0.3 is 20.1 Å². The standard InChI is InChI=1S/C17H22N2O5/c1-13(17(22)18-10-11-23-2)24-16(21)12-19-15(20)9-8-14-6-4-3-5-7-14/h3-9,13H,10-12H2,1-2H3,(H,18,22)(H,19,20)/b9-8+/t13-/m1/s1. The molecule has 1 atom stereocenters. The third-order valence-corrected chi connectivity index (χ3v) is 2.92. The highest BCUT2D eigenvalue weighted by Gasteiger charge is 2.17. The highest BCUT2D eigenvalue weighted by molar-refractivity contribution is 5.93. The summed E-state index contributed by atoms with van der Waals surface area (Å²) in [7, 11) is 1.52. The zero-order valence-corrected chi connectivity index (χ0v) is 13.8. The molecule has 0 aliphatic heterocycles. The van der Waals surface area contributed by atoms with E-state index in [1.54, 1.807) is 6.08 Å². The van der Waals surface area contributed by atoms with Gasteiger partial charge >= 0.3 is 5.97 Å². The first-order chi connectivity index (χ1) is 11.5. The first-order valence-electron chi connectivity index (χ1n) is 7.50. The third kappa shape index (κ3) is 8.09. The second-order valence-electron chi connectivity index (χ2n) is 4.88. The van der Waals surface area contributed by atoms with Crippen molar-refractivity contribution in [3.05, 3.63) is 42.0 Å². The van der Waals surface area contributed by atoms with E-state index in [1.807, 2.05) is 30.3 Å². The van der Waals surface area contributed by atoms with Gasteiger partial charge in [-0.05, 0) is 18.6 Å². The molecule has 7 nitrogen and oxygen atoms in total. The van der Waals surface area contributed by atoms with Crippen LogP contribution in [0.5, 0.6) is 0 Å². The summed E-state index contributed by atoms with van der Waals surface area (Å²) < 4.78 is 9.72. The number of carbonyl (C=O) groups is 3. The van der Waals surface area contributed by atoms with Gasteiger partial charge in [-0.25, -0.2) is 0 Å². The van der Waals surface area contributed by atoms with Crippen LogP contribution in [0.4, 0.5) is 0 Å². The predicted octanol–water partition coefficient (Wildman–Crippen LogP) is 0.510. The van der Waals surface area contributed by atoms with Crippen molar-refractivity contribution in [2.24, 2.45) is 0 Å². The molecule has 1 aromatic rings. The van der Waals surface area contributed by atoms with E-state index in [1.165, 1.54) is 20.1 Å². The van der Waals surface area contributed by atoms with Gasteiger partial charge in [-0.15, -0.1) is 0 Å². The molecular weight excluding hydrogens is 312 g/mol. The molecule has 0 spiro atoms. The normalized spacial score (nSPS) is 11.8. The van der Waals surface area contributed by atoms with Crippen LogP contribution in [0.15, 0.2) is 36.4 Å². The average molecular weight is 334 g/mol. The lowest BCUT2D eigenvalue weighted by Gasteiger charge is -2.13. The first-order valence-corrected chi connectivity index (χ1v) is 7.50. The fraction of sp³-hybridized carbons (Fsp3) is 0.353. The van der Waals surface area contributed by atoms with Crippen LogP contribution in [0.3, 0.4) is 0 Å². The van der Waals surface area contributed by atoms with Crippen LogP contribution in [0.1, 0.15) is 12.5 Å². The lowest BCUT2D eigenvalue weighted by Crippen LogP contribution is -2.39. The summed E-state index contributed by atoms with van der Waals surface area (Å²) in [5.41, 5.74) is 0.872. The molecule has 1 rings (SSSR count). The predicted molar refractivity (Wildman–Crippen MR) is 88.9 cm³/mol. The van der Waals surface area contributed by atoms with Gasteiger partial charge in [0.25, 0.3) is 5.91 Å². The smallest absolute Gasteiger partial charge is 0.326 e. The Bertz CT molecular complexity index is 572. The Morgan fingerprint density at radius 1 is 1.17 bits per heavy atom. The monoisotopic (exact) mass is 334 g/mol. The number of benzene rings is 1. The molecule has 2 N–H and O–H groups in total. The summed E-state index contributed by atoms with van der Waals surface area (Å²) in [5.74, 6) is -1.53. The van der Waals surface area contributed by atoms with Crippen molar-refractivity contribution in [3.8, 4) is 0 Å². The molecule has 0 unspecified atom stereocenters. The van der Waals surface area contributed by atoms with Gasteiger partial charge in [0.2, 0.25) is 5.91 Å². The summed E-state index contributed by atoms with van der Waals surface area (Å²) in [6.45, 7) is 1.85. The molecule has 0 fully saturated rings. The molecule has 0 heterocycles. The van der Waals surface area contributed by atoms with Crippen LogP contribution < -0.4 is 10.6 Å². The molecule has 0 saturated heterocycles. The summed E-state index contributed by atoms with van der Waals surface area (Å²) >= 11 is 0. The highest BCUT2D eigenvalue weighted by Crippen LogP contribution is 2.00. The van der Waals surface area contributed by atoms with E-state index < -0.39 is 23.9 Å². The van der Waals surface area contributed by atoms with Gasteiger partial charge in [0.1, 0.15) is 6.54 Å². The topological polar surface area (TPSA) is 93.7 Å². The number of ether oxygens (including phenoxy) is 2. The zero-order valence-electron chi connectivity index (χ0n) is 13.8. The Morgan fingerprint density at radius 2 is 1.88 bits per heavy atom. The molecule has 0 aromatic heterocycles. The van der Waals surface area contributed by atoms with Gasteiger partial charge in [-0.1, -0.05) is 30.3 Å². The molecule has 0 radical (unpaired) electrons. The van der Waals surface area contributed by atoms with Gasteiger partial charge in [0, 0.05) is 19.7 Å². The molecule has 0 aliphatic rings. The van der Waals surface area contributed by atoms with Crippen LogP contribution in [0.2, 0.25) is 0 Å². The summed E-state index contributed by atoms with van der Waals surface area (Å²) in [6, 6.07) is 9.28. The summed E-state index contributed by atoms with van der Waals surface area (Å²) in [4.78, 5) is 34.8. The molecular formula is C17H22N2O5. The minimum Gasteiger partial charge on any atom is -0.451 e. The Hall–Kier alpha value is -2.67. The van der Waals surface area contributed by atoms with Gasteiger partial charge in [0.15, 0.2) is 6.10 Å². The van der Waals surface area contributed by atoms with E-state index in [0.717, 1.165) is 5.56 Å². The number of hydrogen-bond donors (Lipinski definition) is 2. The number of esters is 1. The Kier molecular flexibility index (Phi) is 8.85. The second-order valence-corrected chi connectivity index (χ2v) is 4.88. The molecule has 1 aromatic carbocycles. The molecule has 130 valence electrons. The summed E-state index contributed by atoms with van der Waals surface area (Å²) in [6.07, 6.45) is 2.02. The number of rotatable bonds is 9. The quantitative estimate of drug-likeness (QED) is 0.390. The molecule has 2 amide bonds. The van der Waals surface area contributed by atoms with Gasteiger partial charge in [-0.2, -0.15) is 0 Å². The van der Waals surface area contributed by atoms with E-state index in [0.29, 0.717) is 13.2 Å². The van der Waals surface area contributed by atoms with Crippen LogP contribution in [-0.2, 0) is 23.9 Å². The van der Waals surface area contributed by atoms with Crippen molar-refractivity contribution in [2.75, 3.05) is 26.8 Å². The van der Waals surface area contributed by atoms with Crippen molar-refractivity contribution >= 4 is 23.9 Å². The maximum atomic E-state index is 11.6. The van der Waals surface area contributed by atoms with Crippen LogP contribution >= 0.6 is 0 Å². The maximum absolute atomic E-state index is 11.6. The minimum atomic E-state index is -0.939. The Balaban J connectivity index is 2.28. The van der Waals surface area contributed by atoms with Crippen molar-refractivity contribution < 1.29 is 23.9 Å². The van der Waals surface area contributed by atoms with Crippen molar-refractivity contribution in [1.82, 2.24) is 10.6 Å². The molecule has 0 bridgehead atoms. The largest absolute Gasteiger partial charge is 0.451 e. The molecule has 0 saturated carbocycles. The molecule has 0 aliphatic carbocycles. The summed E-state index contributed by atoms with van der Waals surface area (Å²) in [5, 5.41) is 4.95. The van der Waals surface area contributed by atoms with Crippen LogP contribution in [0.25, 0.3) is 6.08 Å². The van der Waals surface area contributed by atoms with E-state index >= 15 is 0 Å². The Labute approximate surface area is 141 Å². The van der Waals surface area contributed by atoms with E-state index in [-0.39, 0.29) is 6.54 Å². The number of carbonyl (C=O) groups excluding carboxylic acids is 3. The molecule has 24 heavy (non-hydrogen) atoms. The number of nitrogens with one attached hydrogen (secondary N) is 2. The average Bonchev–Trinajstić information content (AvgIpc) is 2.59. The first kappa shape index (κ1) is 19.4. The zero-order chi connectivity index (χ0) is 17.8. The maximum Gasteiger partial charge on any atom is 0.326 e. The fourth-order valence-electron chi connectivity index (χ4n) is 1.67. The lowest BCUT2D eigenvalue weighted by atomic mass is 10.2. The van der Waals surface area contributed by atoms with E-state index in [9.17, 15) is 14.4 Å². The SMILES string of the molecule is COCCNC(=O)[C@@H](C)OC(=O)CNC(=O)/C=C/c1ccccc1. The molecule has 7 heteroatoms. The fourth-order valence-corrected chi connectivity index (χ4v) is 1.67. The minimum absolute atomic E-state index is 0.312. The van der Waals surface area contributed by atoms with Gasteiger partial charge in [-0.3, -0.25) is 14.4 Å². The van der Waals surface area contributed by atoms with E-state index in [4.69, 9.17) is 9.47 Å². The Morgan fingerprint density at radius 3 is 2.54 bits per heavy atom. The second kappa shape index (κ2) is 11.0. The van der Waals surface area contributed by atoms with Crippen molar-refractivity contribution in [1.29, 1.82) is 0 Å². The number of hydrogen-bond acceptors (Lipinski definition) is 5.